The number of alkyl halides is 3. The van der Waals surface area contributed by atoms with Crippen LogP contribution in [0.1, 0.15) is 37.3 Å². The van der Waals surface area contributed by atoms with E-state index in [2.05, 4.69) is 14.8 Å². The van der Waals surface area contributed by atoms with Crippen LogP contribution in [-0.4, -0.2) is 46.9 Å². The molecule has 1 saturated carbocycles. The van der Waals surface area contributed by atoms with E-state index in [1.807, 2.05) is 30.3 Å². The monoisotopic (exact) mass is 522 g/mol. The number of aromatic nitrogens is 2. The van der Waals surface area contributed by atoms with Crippen LogP contribution in [0.5, 0.6) is 0 Å². The third-order valence-electron chi connectivity index (χ3n) is 8.00. The lowest BCUT2D eigenvalue weighted by atomic mass is 9.92. The van der Waals surface area contributed by atoms with Crippen LogP contribution in [0.25, 0.3) is 21.7 Å². The van der Waals surface area contributed by atoms with Gasteiger partial charge in [0.05, 0.1) is 34.9 Å². The van der Waals surface area contributed by atoms with Crippen LogP contribution in [0.4, 0.5) is 24.5 Å². The lowest BCUT2D eigenvalue weighted by Crippen LogP contribution is -2.46. The van der Waals surface area contributed by atoms with Crippen molar-refractivity contribution in [3.05, 3.63) is 76.8 Å². The summed E-state index contributed by atoms with van der Waals surface area (Å²) in [6.45, 7) is 2.60. The van der Waals surface area contributed by atoms with Crippen LogP contribution in [0, 0.1) is 0 Å². The molecule has 1 aliphatic carbocycles. The lowest BCUT2D eigenvalue weighted by Gasteiger charge is -2.38. The predicted molar refractivity (Wildman–Crippen MR) is 143 cm³/mol. The predicted octanol–water partition coefficient (Wildman–Crippen LogP) is 5.37. The molecule has 0 spiro atoms. The molecule has 198 valence electrons. The van der Waals surface area contributed by atoms with Gasteiger partial charge in [-0.05, 0) is 43.2 Å². The average Bonchev–Trinajstić information content (AvgIpc) is 2.93. The van der Waals surface area contributed by atoms with Crippen molar-refractivity contribution in [3.8, 4) is 0 Å². The largest absolute Gasteiger partial charge is 0.416 e. The Morgan fingerprint density at radius 3 is 2.18 bits per heavy atom. The molecule has 0 amide bonds. The van der Waals surface area contributed by atoms with E-state index in [1.165, 1.54) is 12.1 Å². The number of piperazine rings is 1. The van der Waals surface area contributed by atoms with Gasteiger partial charge in [0.15, 0.2) is 0 Å². The first-order valence-electron chi connectivity index (χ1n) is 13.1. The lowest BCUT2D eigenvalue weighted by molar-refractivity contribution is -0.137. The molecule has 0 radical (unpaired) electrons. The summed E-state index contributed by atoms with van der Waals surface area (Å²) < 4.78 is 40.5. The topological polar surface area (TPSA) is 61.6 Å². The molecule has 0 bridgehead atoms. The maximum absolute atomic E-state index is 13.7. The zero-order chi connectivity index (χ0) is 26.4. The van der Waals surface area contributed by atoms with Gasteiger partial charge >= 0.3 is 6.18 Å². The van der Waals surface area contributed by atoms with E-state index in [4.69, 9.17) is 0 Å². The van der Waals surface area contributed by atoms with Gasteiger partial charge in [-0.1, -0.05) is 37.1 Å². The van der Waals surface area contributed by atoms with Gasteiger partial charge in [-0.15, -0.1) is 0 Å². The number of hydrogen-bond acceptors (Lipinski definition) is 5. The number of rotatable bonds is 3. The Hall–Kier alpha value is -3.59. The second-order valence-corrected chi connectivity index (χ2v) is 10.2. The van der Waals surface area contributed by atoms with E-state index >= 15 is 0 Å². The average molecular weight is 523 g/mol. The Morgan fingerprint density at radius 2 is 1.50 bits per heavy atom. The van der Waals surface area contributed by atoms with Gasteiger partial charge in [-0.3, -0.25) is 9.36 Å². The first-order chi connectivity index (χ1) is 18.3. The highest BCUT2D eigenvalue weighted by atomic mass is 19.4. The van der Waals surface area contributed by atoms with Crippen LogP contribution in [0.3, 0.4) is 0 Å². The summed E-state index contributed by atoms with van der Waals surface area (Å²) in [5, 5.41) is 13.0. The maximum Gasteiger partial charge on any atom is 0.416 e. The summed E-state index contributed by atoms with van der Waals surface area (Å²) in [5.41, 5.74) is 1.57. The van der Waals surface area contributed by atoms with Crippen molar-refractivity contribution in [2.45, 2.75) is 44.0 Å². The maximum atomic E-state index is 13.7. The molecule has 0 unspecified atom stereocenters. The number of nitrogens with zero attached hydrogens (tertiary/aromatic N) is 4. The molecule has 4 aromatic rings. The number of aliphatic hydroxyl groups is 1. The van der Waals surface area contributed by atoms with Gasteiger partial charge in [-0.25, -0.2) is 4.98 Å². The van der Waals surface area contributed by atoms with Crippen LogP contribution in [0.2, 0.25) is 0 Å². The Labute approximate surface area is 217 Å². The van der Waals surface area contributed by atoms with Crippen molar-refractivity contribution in [1.82, 2.24) is 9.55 Å². The first-order valence-corrected chi connectivity index (χ1v) is 13.1. The number of aliphatic hydroxyl groups excluding tert-OH is 1. The molecule has 6 rings (SSSR count). The first kappa shape index (κ1) is 24.7. The fourth-order valence-corrected chi connectivity index (χ4v) is 5.94. The molecule has 9 heteroatoms. The zero-order valence-electron chi connectivity index (χ0n) is 20.9. The van der Waals surface area contributed by atoms with E-state index in [1.54, 1.807) is 10.9 Å². The SMILES string of the molecule is O=c1c2cc(N3CCN(c4ccc(C(F)(F)F)cc4)CC3)c3ccccc3c2ncn1[C@H]1CCCC[C@@H]1O. The summed E-state index contributed by atoms with van der Waals surface area (Å²) in [7, 11) is 0. The van der Waals surface area contributed by atoms with Crippen molar-refractivity contribution in [1.29, 1.82) is 0 Å². The fourth-order valence-electron chi connectivity index (χ4n) is 5.94. The molecule has 2 heterocycles. The molecule has 1 saturated heterocycles. The molecule has 38 heavy (non-hydrogen) atoms. The Kier molecular flexibility index (Phi) is 6.26. The van der Waals surface area contributed by atoms with Gasteiger partial charge in [0.25, 0.3) is 5.56 Å². The molecule has 1 aliphatic heterocycles. The standard InChI is InChI=1S/C29H29F3N4O2/c30-29(31,32)19-9-11-20(12-10-19)34-13-15-35(16-14-34)25-17-23-27(22-6-2-1-5-21(22)25)33-18-36(28(23)38)24-7-3-4-8-26(24)37/h1-2,5-6,9-12,17-18,24,26,37H,3-4,7-8,13-16H2/t24-,26-/m0/s1. The molecule has 2 fully saturated rings. The Balaban J connectivity index is 1.33. The van der Waals surface area contributed by atoms with Crippen LogP contribution in [-0.2, 0) is 6.18 Å². The van der Waals surface area contributed by atoms with Crippen LogP contribution < -0.4 is 15.4 Å². The summed E-state index contributed by atoms with van der Waals surface area (Å²) in [4.78, 5) is 22.7. The minimum Gasteiger partial charge on any atom is -0.391 e. The minimum atomic E-state index is -4.35. The molecule has 2 aliphatic rings. The number of anilines is 2. The van der Waals surface area contributed by atoms with Crippen molar-refractivity contribution in [3.63, 3.8) is 0 Å². The molecular formula is C29H29F3N4O2. The molecule has 1 aromatic heterocycles. The number of benzene rings is 3. The van der Waals surface area contributed by atoms with Crippen molar-refractivity contribution in [2.75, 3.05) is 36.0 Å². The number of fused-ring (bicyclic) bond motifs is 3. The molecule has 1 N–H and O–H groups in total. The van der Waals surface area contributed by atoms with Gasteiger partial charge in [0.1, 0.15) is 0 Å². The quantitative estimate of drug-likeness (QED) is 0.367. The Morgan fingerprint density at radius 1 is 0.842 bits per heavy atom. The van der Waals surface area contributed by atoms with Crippen LogP contribution >= 0.6 is 0 Å². The summed E-state index contributed by atoms with van der Waals surface area (Å²) in [6, 6.07) is 14.9. The molecule has 6 nitrogen and oxygen atoms in total. The molecule has 2 atom stereocenters. The minimum absolute atomic E-state index is 0.142. The fraction of sp³-hybridized carbons (Fsp3) is 0.379. The smallest absolute Gasteiger partial charge is 0.391 e. The summed E-state index contributed by atoms with van der Waals surface area (Å²) >= 11 is 0. The zero-order valence-corrected chi connectivity index (χ0v) is 20.9. The normalized spacial score (nSPS) is 20.8. The number of halogens is 3. The van der Waals surface area contributed by atoms with E-state index < -0.39 is 17.8 Å². The van der Waals surface area contributed by atoms with Gasteiger partial charge in [-0.2, -0.15) is 13.2 Å². The Bertz CT molecular complexity index is 1530. The third-order valence-corrected chi connectivity index (χ3v) is 8.00. The van der Waals surface area contributed by atoms with Gasteiger partial charge < -0.3 is 14.9 Å². The third kappa shape index (κ3) is 4.38. The van der Waals surface area contributed by atoms with E-state index in [9.17, 15) is 23.1 Å². The second-order valence-electron chi connectivity index (χ2n) is 10.2. The second kappa shape index (κ2) is 9.62. The highest BCUT2D eigenvalue weighted by Gasteiger charge is 2.31. The highest BCUT2D eigenvalue weighted by molar-refractivity contribution is 6.11. The van der Waals surface area contributed by atoms with Crippen LogP contribution in [0.15, 0.2) is 65.7 Å². The highest BCUT2D eigenvalue weighted by Crippen LogP contribution is 2.35. The van der Waals surface area contributed by atoms with Crippen molar-refractivity contribution < 1.29 is 18.3 Å². The van der Waals surface area contributed by atoms with E-state index in [0.717, 1.165) is 53.5 Å². The van der Waals surface area contributed by atoms with E-state index in [0.29, 0.717) is 43.5 Å². The van der Waals surface area contributed by atoms with Gasteiger partial charge in [0.2, 0.25) is 0 Å². The summed E-state index contributed by atoms with van der Waals surface area (Å²) in [5.74, 6) is 0. The molecular weight excluding hydrogens is 493 g/mol. The van der Waals surface area contributed by atoms with E-state index in [-0.39, 0.29) is 11.6 Å². The number of hydrogen-bond donors (Lipinski definition) is 1. The van der Waals surface area contributed by atoms with Crippen molar-refractivity contribution >= 4 is 33.1 Å². The summed E-state index contributed by atoms with van der Waals surface area (Å²) in [6.07, 6.45) is 0.0373. The van der Waals surface area contributed by atoms with Gasteiger partial charge in [0, 0.05) is 48.3 Å². The van der Waals surface area contributed by atoms with Crippen molar-refractivity contribution in [2.24, 2.45) is 0 Å². The molecule has 3 aromatic carbocycles.